The van der Waals surface area contributed by atoms with Crippen molar-refractivity contribution in [2.45, 2.75) is 31.9 Å². The van der Waals surface area contributed by atoms with E-state index < -0.39 is 11.7 Å². The summed E-state index contributed by atoms with van der Waals surface area (Å²) in [6.07, 6.45) is 0.731. The van der Waals surface area contributed by atoms with E-state index in [1.165, 1.54) is 12.1 Å². The van der Waals surface area contributed by atoms with E-state index in [1.54, 1.807) is 6.20 Å². The highest BCUT2D eigenvalue weighted by molar-refractivity contribution is 6.02. The van der Waals surface area contributed by atoms with Crippen molar-refractivity contribution in [3.05, 3.63) is 59.8 Å². The van der Waals surface area contributed by atoms with Gasteiger partial charge in [-0.3, -0.25) is 4.79 Å². The number of hydrogen-bond acceptors (Lipinski definition) is 2. The Hall–Kier alpha value is -2.96. The highest BCUT2D eigenvalue weighted by atomic mass is 19.4. The predicted octanol–water partition coefficient (Wildman–Crippen LogP) is 5.55. The van der Waals surface area contributed by atoms with Gasteiger partial charge in [0.1, 0.15) is 5.75 Å². The number of hydrogen-bond donors (Lipinski definition) is 2. The molecule has 1 aliphatic carbocycles. The van der Waals surface area contributed by atoms with E-state index in [0.717, 1.165) is 47.1 Å². The van der Waals surface area contributed by atoms with Crippen LogP contribution in [-0.2, 0) is 17.4 Å². The maximum Gasteiger partial charge on any atom is 0.416 e. The van der Waals surface area contributed by atoms with Gasteiger partial charge in [-0.15, -0.1) is 0 Å². The van der Waals surface area contributed by atoms with Crippen LogP contribution in [0, 0.1) is 5.92 Å². The summed E-state index contributed by atoms with van der Waals surface area (Å²) in [6.45, 7) is 0.338. The van der Waals surface area contributed by atoms with E-state index in [-0.39, 0.29) is 5.91 Å². The zero-order chi connectivity index (χ0) is 20.4. The SMILES string of the molecule is O=C(CC1CC1)Nc1c[nH]c2ccc(OCCc3ccc(C(F)(F)F)cc3)cc12. The number of rotatable bonds is 7. The number of aromatic nitrogens is 1. The number of carbonyl (C=O) groups excluding carboxylic acids is 1. The van der Waals surface area contributed by atoms with Crippen LogP contribution in [0.15, 0.2) is 48.7 Å². The molecule has 4 nitrogen and oxygen atoms in total. The lowest BCUT2D eigenvalue weighted by molar-refractivity contribution is -0.137. The van der Waals surface area contributed by atoms with E-state index >= 15 is 0 Å². The van der Waals surface area contributed by atoms with E-state index in [2.05, 4.69) is 10.3 Å². The minimum atomic E-state index is -4.33. The monoisotopic (exact) mass is 402 g/mol. The molecule has 1 saturated carbocycles. The predicted molar refractivity (Wildman–Crippen MR) is 105 cm³/mol. The molecular formula is C22H21F3N2O2. The Labute approximate surface area is 166 Å². The molecule has 0 spiro atoms. The number of H-pyrrole nitrogens is 1. The van der Waals surface area contributed by atoms with Crippen molar-refractivity contribution < 1.29 is 22.7 Å². The van der Waals surface area contributed by atoms with Crippen LogP contribution < -0.4 is 10.1 Å². The molecule has 2 aromatic carbocycles. The topological polar surface area (TPSA) is 54.1 Å². The van der Waals surface area contributed by atoms with Gasteiger partial charge >= 0.3 is 6.18 Å². The maximum absolute atomic E-state index is 12.6. The number of ether oxygens (including phenoxy) is 1. The van der Waals surface area contributed by atoms with E-state index in [0.29, 0.717) is 31.1 Å². The number of benzene rings is 2. The molecule has 7 heteroatoms. The Morgan fingerprint density at radius 1 is 1.14 bits per heavy atom. The van der Waals surface area contributed by atoms with Crippen LogP contribution in [0.3, 0.4) is 0 Å². The molecule has 0 radical (unpaired) electrons. The molecule has 0 unspecified atom stereocenters. The van der Waals surface area contributed by atoms with Gasteiger partial charge in [0.25, 0.3) is 0 Å². The second-order valence-corrected chi connectivity index (χ2v) is 7.40. The summed E-state index contributed by atoms with van der Waals surface area (Å²) in [5.41, 5.74) is 1.73. The summed E-state index contributed by atoms with van der Waals surface area (Å²) >= 11 is 0. The number of alkyl halides is 3. The first-order chi connectivity index (χ1) is 13.9. The molecule has 1 heterocycles. The zero-order valence-electron chi connectivity index (χ0n) is 15.7. The van der Waals surface area contributed by atoms with E-state index in [1.807, 2.05) is 18.2 Å². The summed E-state index contributed by atoms with van der Waals surface area (Å²) in [5, 5.41) is 3.81. The normalized spacial score (nSPS) is 14.2. The fourth-order valence-corrected chi connectivity index (χ4v) is 3.23. The summed E-state index contributed by atoms with van der Waals surface area (Å²) in [7, 11) is 0. The van der Waals surface area contributed by atoms with Gasteiger partial charge in [-0.1, -0.05) is 12.1 Å². The summed E-state index contributed by atoms with van der Waals surface area (Å²) in [5.74, 6) is 1.17. The van der Waals surface area contributed by atoms with Crippen LogP contribution in [0.4, 0.5) is 18.9 Å². The van der Waals surface area contributed by atoms with Gasteiger partial charge in [0.15, 0.2) is 0 Å². The molecule has 1 aliphatic rings. The molecule has 0 atom stereocenters. The fraction of sp³-hybridized carbons (Fsp3) is 0.318. The number of fused-ring (bicyclic) bond motifs is 1. The lowest BCUT2D eigenvalue weighted by Crippen LogP contribution is -2.11. The summed E-state index contributed by atoms with van der Waals surface area (Å²) in [4.78, 5) is 15.2. The molecular weight excluding hydrogens is 381 g/mol. The largest absolute Gasteiger partial charge is 0.493 e. The molecule has 29 heavy (non-hydrogen) atoms. The Balaban J connectivity index is 1.36. The van der Waals surface area contributed by atoms with Gasteiger partial charge in [-0.05, 0) is 54.7 Å². The summed E-state index contributed by atoms with van der Waals surface area (Å²) in [6, 6.07) is 10.6. The molecule has 0 bridgehead atoms. The third-order valence-electron chi connectivity index (χ3n) is 5.04. The standard InChI is InChI=1S/C22H21F3N2O2/c23-22(24,25)16-5-3-14(4-6-16)9-10-29-17-7-8-19-18(12-17)20(13-26-19)27-21(28)11-15-1-2-15/h3-8,12-13,15,26H,1-2,9-11H2,(H,27,28). The van der Waals surface area contributed by atoms with Gasteiger partial charge < -0.3 is 15.0 Å². The molecule has 0 aliphatic heterocycles. The molecule has 1 amide bonds. The number of amides is 1. The van der Waals surface area contributed by atoms with Crippen molar-refractivity contribution in [1.29, 1.82) is 0 Å². The van der Waals surface area contributed by atoms with E-state index in [9.17, 15) is 18.0 Å². The summed E-state index contributed by atoms with van der Waals surface area (Å²) < 4.78 is 43.6. The zero-order valence-corrected chi connectivity index (χ0v) is 15.7. The number of aromatic amines is 1. The first-order valence-electron chi connectivity index (χ1n) is 9.58. The number of anilines is 1. The molecule has 2 N–H and O–H groups in total. The third-order valence-corrected chi connectivity index (χ3v) is 5.04. The third kappa shape index (κ3) is 4.91. The fourth-order valence-electron chi connectivity index (χ4n) is 3.23. The second-order valence-electron chi connectivity index (χ2n) is 7.40. The molecule has 1 fully saturated rings. The van der Waals surface area contributed by atoms with Gasteiger partial charge in [-0.25, -0.2) is 0 Å². The smallest absolute Gasteiger partial charge is 0.416 e. The number of halogens is 3. The number of carbonyl (C=O) groups is 1. The van der Waals surface area contributed by atoms with Crippen molar-refractivity contribution in [3.63, 3.8) is 0 Å². The van der Waals surface area contributed by atoms with Crippen LogP contribution >= 0.6 is 0 Å². The Morgan fingerprint density at radius 2 is 1.90 bits per heavy atom. The van der Waals surface area contributed by atoms with Crippen LogP contribution in [0.1, 0.15) is 30.4 Å². The van der Waals surface area contributed by atoms with Crippen LogP contribution in [0.5, 0.6) is 5.75 Å². The Kier molecular flexibility index (Phi) is 5.22. The molecule has 3 aromatic rings. The molecule has 0 saturated heterocycles. The molecule has 4 rings (SSSR count). The van der Waals surface area contributed by atoms with Crippen molar-refractivity contribution in [1.82, 2.24) is 4.98 Å². The van der Waals surface area contributed by atoms with Crippen LogP contribution in [0.25, 0.3) is 10.9 Å². The maximum atomic E-state index is 12.6. The first kappa shape index (κ1) is 19.4. The lowest BCUT2D eigenvalue weighted by Gasteiger charge is -2.09. The van der Waals surface area contributed by atoms with Gasteiger partial charge in [0, 0.05) is 29.9 Å². The van der Waals surface area contributed by atoms with Crippen LogP contribution in [0.2, 0.25) is 0 Å². The van der Waals surface area contributed by atoms with E-state index in [4.69, 9.17) is 4.74 Å². The van der Waals surface area contributed by atoms with Crippen molar-refractivity contribution in [2.24, 2.45) is 5.92 Å². The molecule has 152 valence electrons. The van der Waals surface area contributed by atoms with Gasteiger partial charge in [-0.2, -0.15) is 13.2 Å². The van der Waals surface area contributed by atoms with Crippen LogP contribution in [-0.4, -0.2) is 17.5 Å². The first-order valence-corrected chi connectivity index (χ1v) is 9.58. The van der Waals surface area contributed by atoms with Crippen molar-refractivity contribution in [2.75, 3.05) is 11.9 Å². The highest BCUT2D eigenvalue weighted by Crippen LogP contribution is 2.33. The minimum absolute atomic E-state index is 0.0158. The Bertz CT molecular complexity index is 1010. The van der Waals surface area contributed by atoms with Gasteiger partial charge in [0.05, 0.1) is 17.9 Å². The average molecular weight is 402 g/mol. The molecule has 1 aromatic heterocycles. The second kappa shape index (κ2) is 7.81. The van der Waals surface area contributed by atoms with Crippen molar-refractivity contribution in [3.8, 4) is 5.75 Å². The highest BCUT2D eigenvalue weighted by Gasteiger charge is 2.29. The minimum Gasteiger partial charge on any atom is -0.493 e. The lowest BCUT2D eigenvalue weighted by atomic mass is 10.1. The quantitative estimate of drug-likeness (QED) is 0.545. The Morgan fingerprint density at radius 3 is 2.59 bits per heavy atom. The van der Waals surface area contributed by atoms with Crippen molar-refractivity contribution >= 4 is 22.5 Å². The average Bonchev–Trinajstić information content (AvgIpc) is 3.41. The van der Waals surface area contributed by atoms with Gasteiger partial charge in [0.2, 0.25) is 5.91 Å². The number of nitrogens with one attached hydrogen (secondary N) is 2.